The van der Waals surface area contributed by atoms with Crippen molar-refractivity contribution in [1.29, 1.82) is 0 Å². The van der Waals surface area contributed by atoms with Gasteiger partial charge in [0.15, 0.2) is 0 Å². The van der Waals surface area contributed by atoms with Crippen LogP contribution in [0.25, 0.3) is 11.5 Å². The molecule has 0 bridgehead atoms. The van der Waals surface area contributed by atoms with Crippen LogP contribution in [0, 0.1) is 0 Å². The second-order valence-corrected chi connectivity index (χ2v) is 3.66. The Balaban J connectivity index is 2.48. The molecule has 0 unspecified atom stereocenters. The van der Waals surface area contributed by atoms with Crippen molar-refractivity contribution in [2.75, 3.05) is 7.11 Å². The Morgan fingerprint density at radius 3 is 2.80 bits per heavy atom. The lowest BCUT2D eigenvalue weighted by Gasteiger charge is -1.99. The van der Waals surface area contributed by atoms with E-state index in [4.69, 9.17) is 32.4 Å². The first-order chi connectivity index (χ1) is 7.20. The molecule has 1 heterocycles. The monoisotopic (exact) mass is 243 g/mol. The summed E-state index contributed by atoms with van der Waals surface area (Å²) in [6.45, 7) is 0. The number of rotatable bonds is 2. The van der Waals surface area contributed by atoms with Gasteiger partial charge >= 0.3 is 5.95 Å². The zero-order valence-electron chi connectivity index (χ0n) is 7.83. The van der Waals surface area contributed by atoms with Gasteiger partial charge in [0.25, 0.3) is 0 Å². The number of hydrogen-bond acceptors (Lipinski definition) is 3. The highest BCUT2D eigenvalue weighted by Gasteiger charge is 2.10. The number of oxazole rings is 1. The molecule has 2 rings (SSSR count). The summed E-state index contributed by atoms with van der Waals surface area (Å²) in [6.07, 6.45) is 1.48. The van der Waals surface area contributed by atoms with Gasteiger partial charge in [0.1, 0.15) is 6.20 Å². The van der Waals surface area contributed by atoms with Crippen LogP contribution < -0.4 is 4.74 Å². The molecular weight excluding hydrogens is 237 g/mol. The highest BCUT2D eigenvalue weighted by molar-refractivity contribution is 6.35. The summed E-state index contributed by atoms with van der Waals surface area (Å²) in [4.78, 5) is 4.02. The summed E-state index contributed by atoms with van der Waals surface area (Å²) in [5.41, 5.74) is 0.646. The molecule has 1 aromatic heterocycles. The summed E-state index contributed by atoms with van der Waals surface area (Å²) in [6, 6.07) is 5.08. The van der Waals surface area contributed by atoms with Crippen LogP contribution in [0.5, 0.6) is 5.95 Å². The number of hydrogen-bond donors (Lipinski definition) is 0. The van der Waals surface area contributed by atoms with Gasteiger partial charge in [-0.2, -0.15) is 0 Å². The van der Waals surface area contributed by atoms with Gasteiger partial charge in [-0.3, -0.25) is 0 Å². The van der Waals surface area contributed by atoms with Crippen molar-refractivity contribution < 1.29 is 9.15 Å². The Morgan fingerprint density at radius 2 is 2.13 bits per heavy atom. The van der Waals surface area contributed by atoms with E-state index >= 15 is 0 Å². The molecule has 78 valence electrons. The lowest BCUT2D eigenvalue weighted by molar-refractivity contribution is 0.309. The van der Waals surface area contributed by atoms with Crippen molar-refractivity contribution in [3.05, 3.63) is 34.4 Å². The van der Waals surface area contributed by atoms with Gasteiger partial charge < -0.3 is 9.15 Å². The molecule has 0 radical (unpaired) electrons. The van der Waals surface area contributed by atoms with Crippen LogP contribution in [0.2, 0.25) is 10.0 Å². The van der Waals surface area contributed by atoms with Crippen molar-refractivity contribution in [1.82, 2.24) is 4.98 Å². The van der Waals surface area contributed by atoms with Crippen molar-refractivity contribution in [3.63, 3.8) is 0 Å². The average Bonchev–Trinajstić information content (AvgIpc) is 2.70. The van der Waals surface area contributed by atoms with Crippen LogP contribution in [0.15, 0.2) is 28.8 Å². The first kappa shape index (κ1) is 10.3. The number of ether oxygens (including phenoxy) is 1. The number of methoxy groups -OCH3 is 1. The van der Waals surface area contributed by atoms with Gasteiger partial charge in [-0.05, 0) is 18.2 Å². The maximum absolute atomic E-state index is 5.98. The summed E-state index contributed by atoms with van der Waals surface area (Å²) in [7, 11) is 1.50. The quantitative estimate of drug-likeness (QED) is 0.808. The Morgan fingerprint density at radius 1 is 1.33 bits per heavy atom. The lowest BCUT2D eigenvalue weighted by atomic mass is 10.2. The van der Waals surface area contributed by atoms with Gasteiger partial charge in [-0.25, -0.2) is 4.98 Å². The Kier molecular flexibility index (Phi) is 2.84. The maximum Gasteiger partial charge on any atom is 0.305 e. The predicted octanol–water partition coefficient (Wildman–Crippen LogP) is 3.66. The molecule has 0 spiro atoms. The highest BCUT2D eigenvalue weighted by Crippen LogP contribution is 2.31. The Bertz CT molecular complexity index is 482. The van der Waals surface area contributed by atoms with Crippen LogP contribution in [-0.2, 0) is 0 Å². The second-order valence-electron chi connectivity index (χ2n) is 2.81. The van der Waals surface area contributed by atoms with E-state index < -0.39 is 0 Å². The average molecular weight is 244 g/mol. The first-order valence-electron chi connectivity index (χ1n) is 4.16. The third-order valence-corrected chi connectivity index (χ3v) is 2.41. The van der Waals surface area contributed by atoms with Crippen LogP contribution in [0.3, 0.4) is 0 Å². The third kappa shape index (κ3) is 2.08. The molecule has 1 aromatic carbocycles. The SMILES string of the molecule is COc1cnc(-c2cc(Cl)ccc2Cl)o1. The number of benzene rings is 1. The molecule has 0 atom stereocenters. The molecule has 0 saturated carbocycles. The zero-order chi connectivity index (χ0) is 10.8. The van der Waals surface area contributed by atoms with E-state index in [1.54, 1.807) is 18.2 Å². The molecule has 0 saturated heterocycles. The zero-order valence-corrected chi connectivity index (χ0v) is 9.34. The third-order valence-electron chi connectivity index (χ3n) is 1.84. The standard InChI is InChI=1S/C10H7Cl2NO2/c1-14-9-5-13-10(15-9)7-4-6(11)2-3-8(7)12/h2-5H,1H3. The summed E-state index contributed by atoms with van der Waals surface area (Å²) >= 11 is 11.8. The summed E-state index contributed by atoms with van der Waals surface area (Å²) < 4.78 is 10.2. The van der Waals surface area contributed by atoms with E-state index in [2.05, 4.69) is 4.98 Å². The smallest absolute Gasteiger partial charge is 0.305 e. The molecule has 3 nitrogen and oxygen atoms in total. The number of halogens is 2. The summed E-state index contributed by atoms with van der Waals surface area (Å²) in [5.74, 6) is 0.723. The Hall–Kier alpha value is -1.19. The lowest BCUT2D eigenvalue weighted by Crippen LogP contribution is -1.79. The van der Waals surface area contributed by atoms with E-state index in [1.165, 1.54) is 13.3 Å². The van der Waals surface area contributed by atoms with Crippen molar-refractivity contribution in [3.8, 4) is 17.4 Å². The van der Waals surface area contributed by atoms with Crippen molar-refractivity contribution in [2.24, 2.45) is 0 Å². The van der Waals surface area contributed by atoms with E-state index in [0.29, 0.717) is 27.4 Å². The first-order valence-corrected chi connectivity index (χ1v) is 4.91. The fraction of sp³-hybridized carbons (Fsp3) is 0.100. The van der Waals surface area contributed by atoms with E-state index in [1.807, 2.05) is 0 Å². The predicted molar refractivity (Wildman–Crippen MR) is 58.5 cm³/mol. The minimum Gasteiger partial charge on any atom is -0.467 e. The van der Waals surface area contributed by atoms with Gasteiger partial charge in [0.05, 0.1) is 17.7 Å². The van der Waals surface area contributed by atoms with Gasteiger partial charge in [0, 0.05) is 5.02 Å². The van der Waals surface area contributed by atoms with E-state index in [0.717, 1.165) is 0 Å². The fourth-order valence-electron chi connectivity index (χ4n) is 1.14. The second kappa shape index (κ2) is 4.13. The molecule has 15 heavy (non-hydrogen) atoms. The minimum absolute atomic E-state index is 0.334. The molecular formula is C10H7Cl2NO2. The summed E-state index contributed by atoms with van der Waals surface area (Å²) in [5, 5.41) is 1.11. The van der Waals surface area contributed by atoms with Crippen molar-refractivity contribution in [2.45, 2.75) is 0 Å². The van der Waals surface area contributed by atoms with Gasteiger partial charge in [-0.15, -0.1) is 0 Å². The van der Waals surface area contributed by atoms with Crippen LogP contribution >= 0.6 is 23.2 Å². The molecule has 0 aliphatic heterocycles. The minimum atomic E-state index is 0.334. The molecule has 0 fully saturated rings. The number of aromatic nitrogens is 1. The topological polar surface area (TPSA) is 35.3 Å². The molecule has 2 aromatic rings. The van der Waals surface area contributed by atoms with Crippen molar-refractivity contribution >= 4 is 23.2 Å². The largest absolute Gasteiger partial charge is 0.467 e. The molecule has 5 heteroatoms. The highest BCUT2D eigenvalue weighted by atomic mass is 35.5. The molecule has 0 N–H and O–H groups in total. The van der Waals surface area contributed by atoms with Crippen LogP contribution in [0.1, 0.15) is 0 Å². The molecule has 0 aliphatic carbocycles. The van der Waals surface area contributed by atoms with Crippen LogP contribution in [-0.4, -0.2) is 12.1 Å². The maximum atomic E-state index is 5.98. The van der Waals surface area contributed by atoms with Crippen LogP contribution in [0.4, 0.5) is 0 Å². The molecule has 0 amide bonds. The van der Waals surface area contributed by atoms with Gasteiger partial charge in [0.2, 0.25) is 5.89 Å². The normalized spacial score (nSPS) is 10.3. The number of nitrogens with zero attached hydrogens (tertiary/aromatic N) is 1. The van der Waals surface area contributed by atoms with E-state index in [9.17, 15) is 0 Å². The fourth-order valence-corrected chi connectivity index (χ4v) is 1.51. The Labute approximate surface area is 96.6 Å². The molecule has 0 aliphatic rings. The van der Waals surface area contributed by atoms with Gasteiger partial charge in [-0.1, -0.05) is 23.2 Å². The van der Waals surface area contributed by atoms with E-state index in [-0.39, 0.29) is 0 Å².